The Kier molecular flexibility index (Phi) is 3.65. The van der Waals surface area contributed by atoms with Gasteiger partial charge in [-0.15, -0.1) is 0 Å². The van der Waals surface area contributed by atoms with E-state index in [4.69, 9.17) is 4.74 Å². The monoisotopic (exact) mass is 277 g/mol. The fraction of sp³-hybridized carbons (Fsp3) is 0.733. The highest BCUT2D eigenvalue weighted by Crippen LogP contribution is 2.39. The maximum absolute atomic E-state index is 12.1. The lowest BCUT2D eigenvalue weighted by atomic mass is 10.0. The van der Waals surface area contributed by atoms with E-state index in [9.17, 15) is 4.79 Å². The highest BCUT2D eigenvalue weighted by atomic mass is 16.5. The molecule has 0 radical (unpaired) electrons. The molecule has 2 heterocycles. The van der Waals surface area contributed by atoms with Gasteiger partial charge in [0.15, 0.2) is 0 Å². The Morgan fingerprint density at radius 1 is 1.35 bits per heavy atom. The Labute approximate surface area is 119 Å². The molecule has 1 aliphatic carbocycles. The molecule has 0 bridgehead atoms. The van der Waals surface area contributed by atoms with Crippen LogP contribution in [0.5, 0.6) is 0 Å². The summed E-state index contributed by atoms with van der Waals surface area (Å²) < 4.78 is 5.84. The summed E-state index contributed by atoms with van der Waals surface area (Å²) in [5.41, 5.74) is 1.53. The Bertz CT molecular complexity index is 551. The molecule has 2 aliphatic rings. The minimum absolute atomic E-state index is 0.000185. The number of aryl methyl sites for hydroxylation is 2. The van der Waals surface area contributed by atoms with Gasteiger partial charge in [-0.25, -0.2) is 4.98 Å². The third kappa shape index (κ3) is 2.65. The molecule has 5 heteroatoms. The molecule has 110 valence electrons. The normalized spacial score (nSPS) is 27.8. The van der Waals surface area contributed by atoms with Crippen molar-refractivity contribution in [3.63, 3.8) is 0 Å². The fourth-order valence-corrected chi connectivity index (χ4v) is 3.33. The van der Waals surface area contributed by atoms with Gasteiger partial charge in [-0.3, -0.25) is 4.79 Å². The quantitative estimate of drug-likeness (QED) is 0.877. The summed E-state index contributed by atoms with van der Waals surface area (Å²) in [7, 11) is 0. The summed E-state index contributed by atoms with van der Waals surface area (Å²) in [5, 5.41) is 3.58. The predicted octanol–water partition coefficient (Wildman–Crippen LogP) is 1.60. The average molecular weight is 277 g/mol. The first-order valence-electron chi connectivity index (χ1n) is 7.51. The number of ether oxygens (including phenoxy) is 1. The summed E-state index contributed by atoms with van der Waals surface area (Å²) in [6.07, 6.45) is 3.92. The molecule has 0 amide bonds. The average Bonchev–Trinajstić information content (AvgIpc) is 3.09. The van der Waals surface area contributed by atoms with Crippen LogP contribution in [0.15, 0.2) is 4.79 Å². The van der Waals surface area contributed by atoms with E-state index in [1.54, 1.807) is 0 Å². The molecular weight excluding hydrogens is 254 g/mol. The molecule has 3 unspecified atom stereocenters. The van der Waals surface area contributed by atoms with E-state index in [0.29, 0.717) is 18.0 Å². The summed E-state index contributed by atoms with van der Waals surface area (Å²) in [4.78, 5) is 19.3. The van der Waals surface area contributed by atoms with Gasteiger partial charge >= 0.3 is 0 Å². The van der Waals surface area contributed by atoms with Gasteiger partial charge in [0, 0.05) is 24.4 Å². The van der Waals surface area contributed by atoms with Crippen LogP contribution in [0.3, 0.4) is 0 Å². The van der Waals surface area contributed by atoms with Crippen molar-refractivity contribution in [2.24, 2.45) is 5.92 Å². The molecule has 1 saturated heterocycles. The Morgan fingerprint density at radius 3 is 2.75 bits per heavy atom. The van der Waals surface area contributed by atoms with Crippen LogP contribution >= 0.6 is 0 Å². The summed E-state index contributed by atoms with van der Waals surface area (Å²) in [6.45, 7) is 6.58. The Balaban J connectivity index is 1.76. The molecule has 1 aromatic rings. The van der Waals surface area contributed by atoms with Crippen molar-refractivity contribution >= 4 is 0 Å². The number of rotatable bonds is 4. The van der Waals surface area contributed by atoms with Gasteiger partial charge in [0.1, 0.15) is 5.82 Å². The minimum atomic E-state index is -0.0307. The van der Waals surface area contributed by atoms with Crippen LogP contribution in [-0.2, 0) is 4.74 Å². The second kappa shape index (κ2) is 5.30. The van der Waals surface area contributed by atoms with E-state index in [1.807, 2.05) is 20.8 Å². The van der Waals surface area contributed by atoms with E-state index in [-0.39, 0.29) is 11.6 Å². The molecular formula is C15H23N3O2. The molecule has 1 aromatic heterocycles. The molecule has 1 saturated carbocycles. The first kappa shape index (κ1) is 13.8. The van der Waals surface area contributed by atoms with E-state index in [1.165, 1.54) is 12.8 Å². The third-order valence-electron chi connectivity index (χ3n) is 4.38. The lowest BCUT2D eigenvalue weighted by Gasteiger charge is -2.24. The first-order valence-corrected chi connectivity index (χ1v) is 7.51. The smallest absolute Gasteiger partial charge is 0.255 e. The molecule has 3 rings (SSSR count). The van der Waals surface area contributed by atoms with Crippen molar-refractivity contribution < 1.29 is 4.74 Å². The molecule has 5 nitrogen and oxygen atoms in total. The number of nitrogens with one attached hydrogen (secondary N) is 2. The van der Waals surface area contributed by atoms with E-state index < -0.39 is 0 Å². The van der Waals surface area contributed by atoms with Gasteiger partial charge in [0.05, 0.1) is 11.7 Å². The zero-order valence-electron chi connectivity index (χ0n) is 12.4. The van der Waals surface area contributed by atoms with E-state index >= 15 is 0 Å². The van der Waals surface area contributed by atoms with E-state index in [0.717, 1.165) is 30.2 Å². The van der Waals surface area contributed by atoms with Crippen LogP contribution in [0.4, 0.5) is 0 Å². The Hall–Kier alpha value is -1.20. The number of aromatic amines is 1. The summed E-state index contributed by atoms with van der Waals surface area (Å²) in [6, 6.07) is 0.359. The highest BCUT2D eigenvalue weighted by molar-refractivity contribution is 5.20. The van der Waals surface area contributed by atoms with Crippen LogP contribution in [-0.4, -0.2) is 28.7 Å². The number of nitrogens with zero attached hydrogens (tertiary/aromatic N) is 1. The number of aromatic nitrogens is 2. The predicted molar refractivity (Wildman–Crippen MR) is 76.8 cm³/mol. The lowest BCUT2D eigenvalue weighted by Crippen LogP contribution is -2.41. The van der Waals surface area contributed by atoms with Crippen LogP contribution in [0.1, 0.15) is 49.3 Å². The molecule has 2 N–H and O–H groups in total. The van der Waals surface area contributed by atoms with Crippen molar-refractivity contribution in [1.29, 1.82) is 0 Å². The Morgan fingerprint density at radius 2 is 2.10 bits per heavy atom. The van der Waals surface area contributed by atoms with Crippen molar-refractivity contribution in [1.82, 2.24) is 15.3 Å². The molecule has 3 atom stereocenters. The van der Waals surface area contributed by atoms with Crippen molar-refractivity contribution in [3.8, 4) is 0 Å². The lowest BCUT2D eigenvalue weighted by molar-refractivity contribution is 0.0792. The van der Waals surface area contributed by atoms with Gasteiger partial charge in [0.25, 0.3) is 5.56 Å². The SMILES string of the molecule is Cc1nc(C)c(C(C)NC2CCOC2C2CC2)c(=O)[nH]1. The standard InChI is InChI=1S/C15H23N3O2/c1-8-13(15(19)18-10(3)16-8)9(2)17-12-6-7-20-14(12)11-4-5-11/h9,11-12,14,17H,4-7H2,1-3H3,(H,16,18,19). The second-order valence-corrected chi connectivity index (χ2v) is 6.11. The number of H-pyrrole nitrogens is 1. The fourth-order valence-electron chi connectivity index (χ4n) is 3.33. The van der Waals surface area contributed by atoms with Crippen LogP contribution in [0, 0.1) is 19.8 Å². The van der Waals surface area contributed by atoms with Crippen molar-refractivity contribution in [3.05, 3.63) is 27.4 Å². The zero-order valence-corrected chi connectivity index (χ0v) is 12.4. The van der Waals surface area contributed by atoms with Gasteiger partial charge in [0.2, 0.25) is 0 Å². The third-order valence-corrected chi connectivity index (χ3v) is 4.38. The van der Waals surface area contributed by atoms with E-state index in [2.05, 4.69) is 15.3 Å². The van der Waals surface area contributed by atoms with Gasteiger partial charge < -0.3 is 15.0 Å². The maximum atomic E-state index is 12.1. The topological polar surface area (TPSA) is 67.0 Å². The summed E-state index contributed by atoms with van der Waals surface area (Å²) in [5.74, 6) is 1.39. The molecule has 2 fully saturated rings. The number of hydrogen-bond donors (Lipinski definition) is 2. The van der Waals surface area contributed by atoms with Crippen LogP contribution < -0.4 is 10.9 Å². The highest BCUT2D eigenvalue weighted by Gasteiger charge is 2.41. The van der Waals surface area contributed by atoms with Gasteiger partial charge in [-0.2, -0.15) is 0 Å². The number of hydrogen-bond acceptors (Lipinski definition) is 4. The van der Waals surface area contributed by atoms with Crippen molar-refractivity contribution in [2.45, 2.75) is 58.2 Å². The second-order valence-electron chi connectivity index (χ2n) is 6.11. The largest absolute Gasteiger partial charge is 0.376 e. The molecule has 20 heavy (non-hydrogen) atoms. The minimum Gasteiger partial charge on any atom is -0.376 e. The van der Waals surface area contributed by atoms with Crippen molar-refractivity contribution in [2.75, 3.05) is 6.61 Å². The molecule has 0 aromatic carbocycles. The first-order chi connectivity index (χ1) is 9.56. The summed E-state index contributed by atoms with van der Waals surface area (Å²) >= 11 is 0. The van der Waals surface area contributed by atoms with Gasteiger partial charge in [-0.05, 0) is 46.0 Å². The van der Waals surface area contributed by atoms with Crippen LogP contribution in [0.2, 0.25) is 0 Å². The molecule has 0 spiro atoms. The molecule has 1 aliphatic heterocycles. The zero-order chi connectivity index (χ0) is 14.3. The van der Waals surface area contributed by atoms with Gasteiger partial charge in [-0.1, -0.05) is 0 Å². The van der Waals surface area contributed by atoms with Crippen LogP contribution in [0.25, 0.3) is 0 Å². The maximum Gasteiger partial charge on any atom is 0.255 e.